The average molecular weight is 177 g/mol. The lowest BCUT2D eigenvalue weighted by molar-refractivity contribution is 0.0341. The lowest BCUT2D eigenvalue weighted by Gasteiger charge is -2.26. The van der Waals surface area contributed by atoms with Gasteiger partial charge < -0.3 is 4.74 Å². The van der Waals surface area contributed by atoms with Crippen molar-refractivity contribution in [1.82, 2.24) is 9.88 Å². The summed E-state index contributed by atoms with van der Waals surface area (Å²) in [7, 11) is 0. The van der Waals surface area contributed by atoms with Crippen molar-refractivity contribution in [3.8, 4) is 0 Å². The number of hydrogen-bond donors (Lipinski definition) is 0. The molecule has 0 bridgehead atoms. The molecule has 69 valence electrons. The number of hydrogen-bond acceptors (Lipinski definition) is 3. The Kier molecular flexibility index (Phi) is 2.90. The number of rotatable bonds is 2. The van der Waals surface area contributed by atoms with Crippen LogP contribution in [0.5, 0.6) is 0 Å². The molecule has 0 saturated carbocycles. The van der Waals surface area contributed by atoms with Gasteiger partial charge in [0, 0.05) is 25.8 Å². The minimum Gasteiger partial charge on any atom is -0.379 e. The van der Waals surface area contributed by atoms with Crippen molar-refractivity contribution in [1.29, 1.82) is 0 Å². The summed E-state index contributed by atoms with van der Waals surface area (Å²) in [6.45, 7) is 4.67. The van der Waals surface area contributed by atoms with Gasteiger partial charge in [0.15, 0.2) is 0 Å². The fourth-order valence-electron chi connectivity index (χ4n) is 1.45. The summed E-state index contributed by atoms with van der Waals surface area (Å²) in [5.41, 5.74) is 1.16. The van der Waals surface area contributed by atoms with E-state index in [2.05, 4.69) is 22.1 Å². The largest absolute Gasteiger partial charge is 0.379 e. The molecule has 0 aliphatic carbocycles. The maximum Gasteiger partial charge on any atom is 0.0934 e. The topological polar surface area (TPSA) is 25.4 Å². The molecule has 0 aromatic carbocycles. The zero-order valence-corrected chi connectivity index (χ0v) is 7.57. The zero-order valence-electron chi connectivity index (χ0n) is 7.57. The minimum atomic E-state index is 0.847. The molecule has 1 aliphatic rings. The van der Waals surface area contributed by atoms with Crippen molar-refractivity contribution in [2.75, 3.05) is 26.3 Å². The van der Waals surface area contributed by atoms with Crippen LogP contribution in [0.3, 0.4) is 0 Å². The quantitative estimate of drug-likeness (QED) is 0.665. The van der Waals surface area contributed by atoms with Crippen LogP contribution in [0.2, 0.25) is 0 Å². The summed E-state index contributed by atoms with van der Waals surface area (Å²) < 4.78 is 5.27. The first-order chi connectivity index (χ1) is 6.45. The highest BCUT2D eigenvalue weighted by atomic mass is 16.5. The van der Waals surface area contributed by atoms with Crippen LogP contribution >= 0.6 is 0 Å². The smallest absolute Gasteiger partial charge is 0.0934 e. The van der Waals surface area contributed by atoms with Crippen LogP contribution in [0, 0.1) is 6.20 Å². The lowest BCUT2D eigenvalue weighted by atomic mass is 10.2. The van der Waals surface area contributed by atoms with E-state index in [9.17, 15) is 0 Å². The fraction of sp³-hybridized carbons (Fsp3) is 0.500. The monoisotopic (exact) mass is 177 g/mol. The number of nitrogens with zero attached hydrogens (tertiary/aromatic N) is 2. The molecule has 2 heterocycles. The van der Waals surface area contributed by atoms with E-state index >= 15 is 0 Å². The van der Waals surface area contributed by atoms with Gasteiger partial charge in [-0.1, -0.05) is 6.07 Å². The Hall–Kier alpha value is -0.930. The van der Waals surface area contributed by atoms with Crippen molar-refractivity contribution >= 4 is 0 Å². The second kappa shape index (κ2) is 4.35. The van der Waals surface area contributed by atoms with Gasteiger partial charge in [0.1, 0.15) is 0 Å². The first kappa shape index (κ1) is 8.66. The summed E-state index contributed by atoms with van der Waals surface area (Å²) >= 11 is 0. The zero-order chi connectivity index (χ0) is 8.93. The van der Waals surface area contributed by atoms with Crippen molar-refractivity contribution < 1.29 is 4.74 Å². The molecule has 0 unspecified atom stereocenters. The van der Waals surface area contributed by atoms with Gasteiger partial charge in [0.25, 0.3) is 0 Å². The van der Waals surface area contributed by atoms with Gasteiger partial charge in [-0.15, -0.1) is 0 Å². The summed E-state index contributed by atoms with van der Waals surface area (Å²) in [4.78, 5) is 6.33. The van der Waals surface area contributed by atoms with E-state index in [1.165, 1.54) is 0 Å². The van der Waals surface area contributed by atoms with Crippen LogP contribution in [-0.2, 0) is 11.3 Å². The van der Waals surface area contributed by atoms with E-state index in [0.717, 1.165) is 38.4 Å². The Balaban J connectivity index is 1.90. The van der Waals surface area contributed by atoms with Crippen molar-refractivity contribution in [3.63, 3.8) is 0 Å². The number of ether oxygens (including phenoxy) is 1. The molecule has 0 amide bonds. The van der Waals surface area contributed by atoms with Crippen LogP contribution in [0.15, 0.2) is 18.3 Å². The highest BCUT2D eigenvalue weighted by Crippen LogP contribution is 2.04. The molecule has 1 fully saturated rings. The van der Waals surface area contributed by atoms with E-state index in [0.29, 0.717) is 0 Å². The molecule has 0 N–H and O–H groups in total. The van der Waals surface area contributed by atoms with Gasteiger partial charge in [-0.25, -0.2) is 0 Å². The van der Waals surface area contributed by atoms with Gasteiger partial charge in [-0.3, -0.25) is 9.88 Å². The molecule has 0 spiro atoms. The van der Waals surface area contributed by atoms with Crippen molar-refractivity contribution in [2.24, 2.45) is 0 Å². The van der Waals surface area contributed by atoms with E-state index < -0.39 is 0 Å². The lowest BCUT2D eigenvalue weighted by Crippen LogP contribution is -2.35. The van der Waals surface area contributed by atoms with Gasteiger partial charge in [0.2, 0.25) is 0 Å². The Bertz CT molecular complexity index is 244. The molecule has 1 radical (unpaired) electrons. The predicted molar refractivity (Wildman–Crippen MR) is 49.2 cm³/mol. The van der Waals surface area contributed by atoms with Crippen molar-refractivity contribution in [3.05, 3.63) is 30.1 Å². The van der Waals surface area contributed by atoms with Crippen LogP contribution in [0.4, 0.5) is 0 Å². The minimum absolute atomic E-state index is 0.847. The van der Waals surface area contributed by atoms with Gasteiger partial charge in [-0.05, 0) is 11.6 Å². The first-order valence-corrected chi connectivity index (χ1v) is 4.57. The second-order valence-electron chi connectivity index (χ2n) is 3.16. The third kappa shape index (κ3) is 2.50. The van der Waals surface area contributed by atoms with Crippen LogP contribution in [-0.4, -0.2) is 36.2 Å². The van der Waals surface area contributed by atoms with E-state index in [4.69, 9.17) is 4.74 Å². The Morgan fingerprint density at radius 2 is 2.31 bits per heavy atom. The standard InChI is InChI=1S/C10H13N2O/c1-2-10(8-11-3-1)9-12-4-6-13-7-5-12/h1-3H,4-7,9H2. The molecule has 1 aliphatic heterocycles. The van der Waals surface area contributed by atoms with Gasteiger partial charge >= 0.3 is 0 Å². The second-order valence-corrected chi connectivity index (χ2v) is 3.16. The highest BCUT2D eigenvalue weighted by Gasteiger charge is 2.10. The fourth-order valence-corrected chi connectivity index (χ4v) is 1.45. The first-order valence-electron chi connectivity index (χ1n) is 4.57. The molecule has 1 aromatic rings. The van der Waals surface area contributed by atoms with Gasteiger partial charge in [0.05, 0.1) is 19.4 Å². The molecular formula is C10H13N2O. The molecule has 3 nitrogen and oxygen atoms in total. The normalized spacial score (nSPS) is 18.8. The van der Waals surface area contributed by atoms with Crippen molar-refractivity contribution in [2.45, 2.75) is 6.54 Å². The maximum absolute atomic E-state index is 5.27. The number of aromatic nitrogens is 1. The Morgan fingerprint density at radius 3 is 3.00 bits per heavy atom. The maximum atomic E-state index is 5.27. The highest BCUT2D eigenvalue weighted by molar-refractivity contribution is 5.06. The average Bonchev–Trinajstić information content (AvgIpc) is 2.21. The number of pyridine rings is 1. The van der Waals surface area contributed by atoms with Crippen LogP contribution in [0.1, 0.15) is 5.56 Å². The van der Waals surface area contributed by atoms with Crippen LogP contribution < -0.4 is 0 Å². The third-order valence-corrected chi connectivity index (χ3v) is 2.16. The molecule has 2 rings (SSSR count). The molecule has 0 atom stereocenters. The third-order valence-electron chi connectivity index (χ3n) is 2.16. The predicted octanol–water partition coefficient (Wildman–Crippen LogP) is 0.714. The van der Waals surface area contributed by atoms with Gasteiger partial charge in [-0.2, -0.15) is 0 Å². The van der Waals surface area contributed by atoms with E-state index in [-0.39, 0.29) is 0 Å². The Morgan fingerprint density at radius 1 is 1.46 bits per heavy atom. The molecular weight excluding hydrogens is 164 g/mol. The molecule has 3 heteroatoms. The molecule has 1 aromatic heterocycles. The Labute approximate surface area is 78.3 Å². The summed E-state index contributed by atoms with van der Waals surface area (Å²) in [5, 5.41) is 0. The molecule has 1 saturated heterocycles. The molecule has 13 heavy (non-hydrogen) atoms. The summed E-state index contributed by atoms with van der Waals surface area (Å²) in [6, 6.07) is 4.01. The number of morpholine rings is 1. The van der Waals surface area contributed by atoms with E-state index in [1.54, 1.807) is 6.20 Å². The van der Waals surface area contributed by atoms with E-state index in [1.807, 2.05) is 6.07 Å². The summed E-state index contributed by atoms with van der Waals surface area (Å²) in [5.74, 6) is 0. The SMILES string of the molecule is [c]1ncccc1CN1CCOCC1. The van der Waals surface area contributed by atoms with Crippen LogP contribution in [0.25, 0.3) is 0 Å². The summed E-state index contributed by atoms with van der Waals surface area (Å²) in [6.07, 6.45) is 4.74.